The minimum atomic E-state index is -0.558. The van der Waals surface area contributed by atoms with Gasteiger partial charge >= 0.3 is 29.8 Å². The number of hydrogen-bond donors (Lipinski definition) is 0. The fourth-order valence-electron chi connectivity index (χ4n) is 6.07. The van der Waals surface area contributed by atoms with Gasteiger partial charge in [0.05, 0.1) is 0 Å². The minimum Gasteiger partial charge on any atom is -0.427 e. The highest BCUT2D eigenvalue weighted by molar-refractivity contribution is 5.75. The van der Waals surface area contributed by atoms with Crippen LogP contribution in [0.5, 0.6) is 28.7 Å². The Bertz CT molecular complexity index is 1690. The van der Waals surface area contributed by atoms with Crippen molar-refractivity contribution in [3.05, 3.63) is 76.3 Å². The topological polar surface area (TPSA) is 135 Å². The molecule has 0 N–H and O–H groups in total. The van der Waals surface area contributed by atoms with Crippen molar-refractivity contribution in [1.29, 1.82) is 0 Å². The summed E-state index contributed by atoms with van der Waals surface area (Å²) in [6, 6.07) is 13.9. The molecule has 0 fully saturated rings. The molecule has 45 heavy (non-hydrogen) atoms. The summed E-state index contributed by atoms with van der Waals surface area (Å²) in [7, 11) is 0. The molecule has 0 spiro atoms. The molecule has 0 saturated carbocycles. The molecule has 0 aromatic heterocycles. The fourth-order valence-corrected chi connectivity index (χ4v) is 6.07. The van der Waals surface area contributed by atoms with Crippen molar-refractivity contribution in [3.63, 3.8) is 0 Å². The maximum absolute atomic E-state index is 12.0. The summed E-state index contributed by atoms with van der Waals surface area (Å²) in [5, 5.41) is 0. The Kier molecular flexibility index (Phi) is 9.01. The van der Waals surface area contributed by atoms with Crippen LogP contribution in [0.4, 0.5) is 0 Å². The summed E-state index contributed by atoms with van der Waals surface area (Å²) < 4.78 is 27.0. The van der Waals surface area contributed by atoms with Crippen molar-refractivity contribution in [2.24, 2.45) is 0 Å². The van der Waals surface area contributed by atoms with Gasteiger partial charge in [-0.05, 0) is 83.5 Å². The van der Waals surface area contributed by atoms with Crippen LogP contribution in [-0.4, -0.2) is 41.3 Å². The summed E-state index contributed by atoms with van der Waals surface area (Å²) in [5.41, 5.74) is 4.62. The molecule has 3 aromatic rings. The summed E-state index contributed by atoms with van der Waals surface area (Å²) in [6.45, 7) is 7.10. The first kappa shape index (κ1) is 31.4. The van der Waals surface area contributed by atoms with Crippen LogP contribution in [0.2, 0.25) is 0 Å². The summed E-state index contributed by atoms with van der Waals surface area (Å²) in [4.78, 5) is 61.5. The molecule has 2 aliphatic rings. The number of ether oxygens (including phenoxy) is 5. The van der Waals surface area contributed by atoms with Gasteiger partial charge in [0, 0.05) is 53.2 Å². The largest absolute Gasteiger partial charge is 0.427 e. The van der Waals surface area contributed by atoms with Crippen molar-refractivity contribution >= 4 is 29.8 Å². The third-order valence-electron chi connectivity index (χ3n) is 7.61. The van der Waals surface area contributed by atoms with E-state index < -0.39 is 29.8 Å². The summed E-state index contributed by atoms with van der Waals surface area (Å²) in [5.74, 6) is -1.57. The van der Waals surface area contributed by atoms with Crippen LogP contribution in [-0.2, 0) is 43.2 Å². The molecule has 5 rings (SSSR count). The van der Waals surface area contributed by atoms with Gasteiger partial charge < -0.3 is 23.7 Å². The van der Waals surface area contributed by atoms with E-state index >= 15 is 0 Å². The highest BCUT2D eigenvalue weighted by atomic mass is 16.6. The monoisotopic (exact) mass is 615 g/mol. The van der Waals surface area contributed by atoms with Gasteiger partial charge in [0.15, 0.2) is 23.0 Å². The molecule has 2 atom stereocenters. The second-order valence-corrected chi connectivity index (χ2v) is 11.0. The Balaban J connectivity index is 1.63. The minimum absolute atomic E-state index is 0.135. The van der Waals surface area contributed by atoms with Gasteiger partial charge in [-0.3, -0.25) is 28.9 Å². The van der Waals surface area contributed by atoms with Crippen LogP contribution in [0.25, 0.3) is 0 Å². The second kappa shape index (κ2) is 12.9. The van der Waals surface area contributed by atoms with Gasteiger partial charge in [-0.2, -0.15) is 0 Å². The van der Waals surface area contributed by atoms with Gasteiger partial charge in [-0.25, -0.2) is 0 Å². The van der Waals surface area contributed by atoms with Gasteiger partial charge in [0.25, 0.3) is 0 Å². The van der Waals surface area contributed by atoms with E-state index in [-0.39, 0.29) is 35.1 Å². The maximum Gasteiger partial charge on any atom is 0.308 e. The van der Waals surface area contributed by atoms with Crippen molar-refractivity contribution in [3.8, 4) is 28.7 Å². The van der Waals surface area contributed by atoms with E-state index in [1.807, 2.05) is 12.1 Å². The predicted molar refractivity (Wildman–Crippen MR) is 159 cm³/mol. The highest BCUT2D eigenvalue weighted by Crippen LogP contribution is 2.49. The lowest BCUT2D eigenvalue weighted by molar-refractivity contribution is -0.134. The van der Waals surface area contributed by atoms with E-state index in [4.69, 9.17) is 23.7 Å². The molecule has 3 aromatic carbocycles. The third kappa shape index (κ3) is 7.21. The van der Waals surface area contributed by atoms with Crippen LogP contribution in [0.15, 0.2) is 48.5 Å². The molecule has 0 bridgehead atoms. The summed E-state index contributed by atoms with van der Waals surface area (Å²) >= 11 is 0. The van der Waals surface area contributed by atoms with Gasteiger partial charge in [-0.15, -0.1) is 0 Å². The lowest BCUT2D eigenvalue weighted by Gasteiger charge is -2.47. The van der Waals surface area contributed by atoms with Crippen LogP contribution in [0, 0.1) is 0 Å². The van der Waals surface area contributed by atoms with Crippen LogP contribution in [0.1, 0.15) is 74.5 Å². The van der Waals surface area contributed by atoms with Crippen LogP contribution < -0.4 is 23.7 Å². The van der Waals surface area contributed by atoms with Crippen LogP contribution >= 0.6 is 0 Å². The molecule has 0 radical (unpaired) electrons. The van der Waals surface area contributed by atoms with Gasteiger partial charge in [0.2, 0.25) is 0 Å². The first-order valence-corrected chi connectivity index (χ1v) is 14.5. The molecule has 0 aliphatic carbocycles. The van der Waals surface area contributed by atoms with E-state index in [9.17, 15) is 24.0 Å². The zero-order valence-electron chi connectivity index (χ0n) is 25.6. The van der Waals surface area contributed by atoms with Crippen molar-refractivity contribution in [1.82, 2.24) is 4.90 Å². The fraction of sp³-hybridized carbons (Fsp3) is 0.324. The number of rotatable bonds is 7. The Morgan fingerprint density at radius 2 is 1.09 bits per heavy atom. The first-order valence-electron chi connectivity index (χ1n) is 14.5. The Morgan fingerprint density at radius 1 is 0.622 bits per heavy atom. The van der Waals surface area contributed by atoms with E-state index in [0.717, 1.165) is 27.8 Å². The Hall–Kier alpha value is -5.03. The average Bonchev–Trinajstić information content (AvgIpc) is 2.93. The standard InChI is InChI=1S/C34H33NO10/c1-18(36)41-26-8-6-23(7-9-26)12-29-28-17-34(45-22(5)40)32(43-20(3)38)15-25(28)13-30-27-16-33(44-21(4)39)31(42-19(2)37)14-24(27)10-11-35(29)30/h6-9,14-17,29-30H,10-13H2,1-5H3/t29-,30?/m1/s1. The maximum atomic E-state index is 12.0. The molecule has 11 heteroatoms. The number of carbonyl (C=O) groups excluding carboxylic acids is 5. The molecular formula is C34H33NO10. The zero-order valence-corrected chi connectivity index (χ0v) is 25.6. The van der Waals surface area contributed by atoms with E-state index in [1.54, 1.807) is 36.4 Å². The Labute approximate surface area is 260 Å². The zero-order chi connectivity index (χ0) is 32.4. The van der Waals surface area contributed by atoms with E-state index in [1.165, 1.54) is 34.6 Å². The second-order valence-electron chi connectivity index (χ2n) is 11.0. The SMILES string of the molecule is CC(=O)Oc1ccc(C[C@@H]2c3cc(OC(C)=O)c(OC(C)=O)cc3CC3c4cc(OC(C)=O)c(OC(C)=O)cc4CCN32)cc1. The van der Waals surface area contributed by atoms with E-state index in [2.05, 4.69) is 4.90 Å². The third-order valence-corrected chi connectivity index (χ3v) is 7.61. The Morgan fingerprint density at radius 3 is 1.60 bits per heavy atom. The molecule has 2 heterocycles. The first-order chi connectivity index (χ1) is 21.4. The molecule has 11 nitrogen and oxygen atoms in total. The molecular weight excluding hydrogens is 582 g/mol. The van der Waals surface area contributed by atoms with Crippen molar-refractivity contribution < 1.29 is 47.7 Å². The number of carbonyl (C=O) groups is 5. The molecule has 0 saturated heterocycles. The van der Waals surface area contributed by atoms with E-state index in [0.29, 0.717) is 31.6 Å². The molecule has 0 amide bonds. The summed E-state index contributed by atoms with van der Waals surface area (Å²) in [6.07, 6.45) is 1.68. The van der Waals surface area contributed by atoms with Crippen molar-refractivity contribution in [2.75, 3.05) is 6.54 Å². The number of hydrogen-bond acceptors (Lipinski definition) is 11. The quantitative estimate of drug-likeness (QED) is 0.269. The highest BCUT2D eigenvalue weighted by Gasteiger charge is 2.40. The number of benzene rings is 3. The molecule has 234 valence electrons. The normalized spacial score (nSPS) is 16.7. The average molecular weight is 616 g/mol. The smallest absolute Gasteiger partial charge is 0.308 e. The number of nitrogens with zero attached hydrogens (tertiary/aromatic N) is 1. The van der Waals surface area contributed by atoms with Gasteiger partial charge in [0.1, 0.15) is 5.75 Å². The van der Waals surface area contributed by atoms with Crippen LogP contribution in [0.3, 0.4) is 0 Å². The lowest BCUT2D eigenvalue weighted by atomic mass is 9.79. The number of esters is 5. The number of fused-ring (bicyclic) bond motifs is 4. The lowest BCUT2D eigenvalue weighted by Crippen LogP contribution is -2.43. The predicted octanol–water partition coefficient (Wildman–Crippen LogP) is 4.75. The van der Waals surface area contributed by atoms with Crippen molar-refractivity contribution in [2.45, 2.75) is 66.0 Å². The molecule has 1 unspecified atom stereocenters. The van der Waals surface area contributed by atoms with Gasteiger partial charge in [-0.1, -0.05) is 12.1 Å². The molecule has 2 aliphatic heterocycles.